The van der Waals surface area contributed by atoms with Crippen molar-refractivity contribution >= 4 is 43.4 Å². The van der Waals surface area contributed by atoms with Gasteiger partial charge in [-0.1, -0.05) is 53.8 Å². The van der Waals surface area contributed by atoms with Crippen molar-refractivity contribution in [3.05, 3.63) is 71.8 Å². The lowest BCUT2D eigenvalue weighted by molar-refractivity contribution is 0.0919. The summed E-state index contributed by atoms with van der Waals surface area (Å²) in [6, 6.07) is 20.1. The minimum absolute atomic E-state index is 0.0203. The molecule has 1 saturated heterocycles. The number of carbonyl (C=O) groups excluding carboxylic acids is 1. The first-order valence-electron chi connectivity index (χ1n) is 9.97. The summed E-state index contributed by atoms with van der Waals surface area (Å²) in [6.07, 6.45) is 2.08. The highest BCUT2D eigenvalue weighted by Gasteiger charge is 2.27. The van der Waals surface area contributed by atoms with Crippen LogP contribution in [0.3, 0.4) is 0 Å². The Kier molecular flexibility index (Phi) is 4.78. The van der Waals surface area contributed by atoms with Gasteiger partial charge in [0, 0.05) is 12.2 Å². The minimum atomic E-state index is -0.0203. The van der Waals surface area contributed by atoms with Gasteiger partial charge < -0.3 is 4.74 Å². The molecular formula is C24H22N2O2S. The predicted octanol–water partition coefficient (Wildman–Crippen LogP) is 5.58. The molecule has 146 valence electrons. The van der Waals surface area contributed by atoms with Crippen LogP contribution in [0.2, 0.25) is 0 Å². The third-order valence-corrected chi connectivity index (χ3v) is 6.48. The standard InChI is InChI=1S/C24H22N2O2S/c1-16-11-12-21-22(14-16)29-24(25-21)26(15-18-8-5-13-28-18)23(27)20-10-4-7-17-6-2-3-9-19(17)20/h2-4,6-7,9-12,14,18H,5,8,13,15H2,1H3. The Hall–Kier alpha value is -2.76. The highest BCUT2D eigenvalue weighted by Crippen LogP contribution is 2.32. The van der Waals surface area contributed by atoms with Gasteiger partial charge in [-0.05, 0) is 54.3 Å². The number of fused-ring (bicyclic) bond motifs is 2. The molecule has 5 rings (SSSR count). The first-order valence-corrected chi connectivity index (χ1v) is 10.8. The second-order valence-corrected chi connectivity index (χ2v) is 8.55. The summed E-state index contributed by atoms with van der Waals surface area (Å²) in [5.74, 6) is -0.0203. The number of amides is 1. The van der Waals surface area contributed by atoms with Crippen LogP contribution in [0.5, 0.6) is 0 Å². The van der Waals surface area contributed by atoms with E-state index in [2.05, 4.69) is 19.1 Å². The molecule has 0 saturated carbocycles. The maximum Gasteiger partial charge on any atom is 0.260 e. The van der Waals surface area contributed by atoms with E-state index >= 15 is 0 Å². The fourth-order valence-electron chi connectivity index (χ4n) is 3.93. The van der Waals surface area contributed by atoms with Gasteiger partial charge in [0.05, 0.1) is 22.9 Å². The third-order valence-electron chi connectivity index (χ3n) is 5.44. The summed E-state index contributed by atoms with van der Waals surface area (Å²) in [6.45, 7) is 3.37. The molecular weight excluding hydrogens is 380 g/mol. The normalized spacial score (nSPS) is 16.5. The first-order chi connectivity index (χ1) is 14.2. The van der Waals surface area contributed by atoms with Gasteiger partial charge in [-0.15, -0.1) is 0 Å². The number of aromatic nitrogens is 1. The van der Waals surface area contributed by atoms with Crippen LogP contribution >= 0.6 is 11.3 Å². The van der Waals surface area contributed by atoms with E-state index in [1.807, 2.05) is 53.4 Å². The maximum absolute atomic E-state index is 13.7. The summed E-state index contributed by atoms with van der Waals surface area (Å²) in [5.41, 5.74) is 2.83. The second-order valence-electron chi connectivity index (χ2n) is 7.55. The molecule has 1 amide bonds. The summed E-state index contributed by atoms with van der Waals surface area (Å²) < 4.78 is 6.95. The van der Waals surface area contributed by atoms with E-state index in [0.29, 0.717) is 12.1 Å². The lowest BCUT2D eigenvalue weighted by atomic mass is 10.0. The summed E-state index contributed by atoms with van der Waals surface area (Å²) in [7, 11) is 0. The Morgan fingerprint density at radius 3 is 2.90 bits per heavy atom. The van der Waals surface area contributed by atoms with Crippen molar-refractivity contribution in [3.8, 4) is 0 Å². The molecule has 0 bridgehead atoms. The minimum Gasteiger partial charge on any atom is -0.376 e. The first kappa shape index (κ1) is 18.3. The number of ether oxygens (including phenoxy) is 1. The van der Waals surface area contributed by atoms with Gasteiger partial charge in [0.1, 0.15) is 0 Å². The smallest absolute Gasteiger partial charge is 0.260 e. The average molecular weight is 403 g/mol. The third kappa shape index (κ3) is 3.52. The molecule has 29 heavy (non-hydrogen) atoms. The Morgan fingerprint density at radius 1 is 1.17 bits per heavy atom. The highest BCUT2D eigenvalue weighted by atomic mass is 32.1. The van der Waals surface area contributed by atoms with Crippen molar-refractivity contribution in [3.63, 3.8) is 0 Å². The van der Waals surface area contributed by atoms with E-state index < -0.39 is 0 Å². The van der Waals surface area contributed by atoms with Crippen molar-refractivity contribution < 1.29 is 9.53 Å². The number of hydrogen-bond donors (Lipinski definition) is 0. The molecule has 0 aliphatic carbocycles. The monoisotopic (exact) mass is 402 g/mol. The Morgan fingerprint density at radius 2 is 2.03 bits per heavy atom. The van der Waals surface area contributed by atoms with Crippen LogP contribution in [0, 0.1) is 6.92 Å². The number of benzene rings is 3. The van der Waals surface area contributed by atoms with E-state index in [1.165, 1.54) is 5.56 Å². The molecule has 5 heteroatoms. The molecule has 0 spiro atoms. The molecule has 4 nitrogen and oxygen atoms in total. The van der Waals surface area contributed by atoms with Gasteiger partial charge in [-0.2, -0.15) is 0 Å². The second kappa shape index (κ2) is 7.58. The SMILES string of the molecule is Cc1ccc2nc(N(CC3CCCO3)C(=O)c3cccc4ccccc34)sc2c1. The van der Waals surface area contributed by atoms with Gasteiger partial charge in [0.25, 0.3) is 5.91 Å². The number of aryl methyl sites for hydroxylation is 1. The topological polar surface area (TPSA) is 42.4 Å². The number of anilines is 1. The van der Waals surface area contributed by atoms with Gasteiger partial charge >= 0.3 is 0 Å². The maximum atomic E-state index is 13.7. The molecule has 1 unspecified atom stereocenters. The molecule has 3 aromatic carbocycles. The van der Waals surface area contributed by atoms with E-state index in [1.54, 1.807) is 11.3 Å². The number of hydrogen-bond acceptors (Lipinski definition) is 4. The van der Waals surface area contributed by atoms with E-state index in [4.69, 9.17) is 9.72 Å². The lowest BCUT2D eigenvalue weighted by Gasteiger charge is -2.23. The van der Waals surface area contributed by atoms with Gasteiger partial charge in [0.15, 0.2) is 5.13 Å². The largest absolute Gasteiger partial charge is 0.376 e. The van der Waals surface area contributed by atoms with Crippen LogP contribution in [0.15, 0.2) is 60.7 Å². The van der Waals surface area contributed by atoms with Crippen molar-refractivity contribution in [2.24, 2.45) is 0 Å². The fourth-order valence-corrected chi connectivity index (χ4v) is 5.00. The molecule has 1 aliphatic heterocycles. The van der Waals surface area contributed by atoms with E-state index in [0.717, 1.165) is 45.6 Å². The van der Waals surface area contributed by atoms with Gasteiger partial charge in [-0.3, -0.25) is 9.69 Å². The number of thiazole rings is 1. The zero-order valence-electron chi connectivity index (χ0n) is 16.3. The summed E-state index contributed by atoms with van der Waals surface area (Å²) in [4.78, 5) is 20.3. The predicted molar refractivity (Wildman–Crippen MR) is 119 cm³/mol. The number of nitrogens with zero attached hydrogens (tertiary/aromatic N) is 2. The zero-order valence-corrected chi connectivity index (χ0v) is 17.1. The van der Waals surface area contributed by atoms with Crippen LogP contribution in [0.1, 0.15) is 28.8 Å². The fraction of sp³-hybridized carbons (Fsp3) is 0.250. The number of carbonyl (C=O) groups is 1. The Labute approximate surface area is 173 Å². The van der Waals surface area contributed by atoms with Crippen molar-refractivity contribution in [1.29, 1.82) is 0 Å². The molecule has 0 radical (unpaired) electrons. The summed E-state index contributed by atoms with van der Waals surface area (Å²) >= 11 is 1.57. The molecule has 0 N–H and O–H groups in total. The van der Waals surface area contributed by atoms with Gasteiger partial charge in [-0.25, -0.2) is 4.98 Å². The van der Waals surface area contributed by atoms with Crippen LogP contribution in [-0.2, 0) is 4.74 Å². The Bertz CT molecular complexity index is 1190. The highest BCUT2D eigenvalue weighted by molar-refractivity contribution is 7.22. The van der Waals surface area contributed by atoms with Crippen LogP contribution in [0.4, 0.5) is 5.13 Å². The van der Waals surface area contributed by atoms with Gasteiger partial charge in [0.2, 0.25) is 0 Å². The van der Waals surface area contributed by atoms with Crippen LogP contribution in [-0.4, -0.2) is 30.1 Å². The number of rotatable bonds is 4. The zero-order chi connectivity index (χ0) is 19.8. The molecule has 1 fully saturated rings. The van der Waals surface area contributed by atoms with Crippen molar-refractivity contribution in [2.75, 3.05) is 18.1 Å². The molecule has 1 aromatic heterocycles. The molecule has 2 heterocycles. The Balaban J connectivity index is 1.59. The quantitative estimate of drug-likeness (QED) is 0.447. The molecule has 1 aliphatic rings. The van der Waals surface area contributed by atoms with E-state index in [9.17, 15) is 4.79 Å². The average Bonchev–Trinajstić information content (AvgIpc) is 3.40. The van der Waals surface area contributed by atoms with E-state index in [-0.39, 0.29) is 12.0 Å². The summed E-state index contributed by atoms with van der Waals surface area (Å²) in [5, 5.41) is 2.77. The van der Waals surface area contributed by atoms with Crippen molar-refractivity contribution in [2.45, 2.75) is 25.9 Å². The molecule has 1 atom stereocenters. The van der Waals surface area contributed by atoms with Crippen molar-refractivity contribution in [1.82, 2.24) is 4.98 Å². The van der Waals surface area contributed by atoms with Crippen LogP contribution < -0.4 is 4.90 Å². The molecule has 4 aromatic rings. The van der Waals surface area contributed by atoms with Crippen LogP contribution in [0.25, 0.3) is 21.0 Å². The lowest BCUT2D eigenvalue weighted by Crippen LogP contribution is -2.37.